The molecule has 0 saturated heterocycles. The minimum absolute atomic E-state index is 0.0203. The normalized spacial score (nSPS) is 14.0. The van der Waals surface area contributed by atoms with E-state index in [4.69, 9.17) is 9.47 Å². The molecule has 0 fully saturated rings. The van der Waals surface area contributed by atoms with Crippen molar-refractivity contribution in [2.45, 2.75) is 12.5 Å². The zero-order valence-corrected chi connectivity index (χ0v) is 14.3. The Hall–Kier alpha value is -2.47. The van der Waals surface area contributed by atoms with Crippen LogP contribution in [0.4, 0.5) is 0 Å². The Kier molecular flexibility index (Phi) is 4.76. The van der Waals surface area contributed by atoms with Gasteiger partial charge in [-0.3, -0.25) is 9.69 Å². The fourth-order valence-electron chi connectivity index (χ4n) is 2.93. The quantitative estimate of drug-likeness (QED) is 0.877. The van der Waals surface area contributed by atoms with Crippen LogP contribution in [0.25, 0.3) is 0 Å². The average Bonchev–Trinajstić information content (AvgIpc) is 3.16. The number of likely N-dealkylation sites (N-methyl/N-ethyl adjacent to an activating group) is 1. The minimum Gasteiger partial charge on any atom is -0.454 e. The van der Waals surface area contributed by atoms with Gasteiger partial charge in [-0.1, -0.05) is 6.07 Å². The number of benzene rings is 1. The van der Waals surface area contributed by atoms with Gasteiger partial charge in [-0.25, -0.2) is 0 Å². The zero-order valence-electron chi connectivity index (χ0n) is 14.3. The number of ether oxygens (including phenoxy) is 2. The third-order valence-corrected chi connectivity index (χ3v) is 4.21. The standard InChI is InChI=1S/C18H23N3O3/c1-20(2)17(13-6-7-15-16(11-13)24-12-23-15)18(22)19-9-8-14-5-4-10-21(14)3/h4-7,10-11,17H,8-9,12H2,1-3H3,(H,19,22). The van der Waals surface area contributed by atoms with Gasteiger partial charge in [0, 0.05) is 31.9 Å². The number of rotatable bonds is 6. The summed E-state index contributed by atoms with van der Waals surface area (Å²) < 4.78 is 12.8. The molecule has 0 saturated carbocycles. The van der Waals surface area contributed by atoms with Crippen LogP contribution in [0.3, 0.4) is 0 Å². The Bertz CT molecular complexity index is 724. The first kappa shape index (κ1) is 16.4. The molecular weight excluding hydrogens is 306 g/mol. The molecule has 1 aliphatic heterocycles. The third kappa shape index (κ3) is 3.38. The molecule has 2 heterocycles. The van der Waals surface area contributed by atoms with Crippen LogP contribution in [0.2, 0.25) is 0 Å². The van der Waals surface area contributed by atoms with Crippen LogP contribution in [0, 0.1) is 0 Å². The first-order chi connectivity index (χ1) is 11.6. The molecule has 6 heteroatoms. The lowest BCUT2D eigenvalue weighted by Gasteiger charge is -2.24. The van der Waals surface area contributed by atoms with Crippen molar-refractivity contribution in [1.29, 1.82) is 0 Å². The lowest BCUT2D eigenvalue weighted by Crippen LogP contribution is -2.38. The summed E-state index contributed by atoms with van der Waals surface area (Å²) in [5.74, 6) is 1.39. The maximum absolute atomic E-state index is 12.7. The molecule has 0 spiro atoms. The number of nitrogens with zero attached hydrogens (tertiary/aromatic N) is 2. The number of amides is 1. The second-order valence-corrected chi connectivity index (χ2v) is 6.13. The molecule has 128 valence electrons. The van der Waals surface area contributed by atoms with E-state index in [1.807, 2.05) is 56.5 Å². The second kappa shape index (κ2) is 6.97. The molecule has 0 radical (unpaired) electrons. The Morgan fingerprint density at radius 3 is 2.79 bits per heavy atom. The molecule has 1 aromatic heterocycles. The van der Waals surface area contributed by atoms with Gasteiger partial charge in [0.15, 0.2) is 11.5 Å². The average molecular weight is 329 g/mol. The maximum Gasteiger partial charge on any atom is 0.241 e. The smallest absolute Gasteiger partial charge is 0.241 e. The van der Waals surface area contributed by atoms with Crippen molar-refractivity contribution >= 4 is 5.91 Å². The molecule has 1 aromatic carbocycles. The lowest BCUT2D eigenvalue weighted by molar-refractivity contribution is -0.125. The van der Waals surface area contributed by atoms with Gasteiger partial charge in [-0.2, -0.15) is 0 Å². The van der Waals surface area contributed by atoms with Crippen LogP contribution in [0.15, 0.2) is 36.5 Å². The van der Waals surface area contributed by atoms with Crippen molar-refractivity contribution in [2.75, 3.05) is 27.4 Å². The van der Waals surface area contributed by atoms with Gasteiger partial charge < -0.3 is 19.4 Å². The second-order valence-electron chi connectivity index (χ2n) is 6.13. The molecule has 6 nitrogen and oxygen atoms in total. The topological polar surface area (TPSA) is 55.7 Å². The molecule has 2 aromatic rings. The van der Waals surface area contributed by atoms with Crippen molar-refractivity contribution in [1.82, 2.24) is 14.8 Å². The number of fused-ring (bicyclic) bond motifs is 1. The maximum atomic E-state index is 12.7. The molecule has 1 N–H and O–H groups in total. The molecule has 1 aliphatic rings. The summed E-state index contributed by atoms with van der Waals surface area (Å²) in [7, 11) is 5.80. The summed E-state index contributed by atoms with van der Waals surface area (Å²) in [5.41, 5.74) is 2.08. The number of aryl methyl sites for hydroxylation is 1. The summed E-state index contributed by atoms with van der Waals surface area (Å²) in [6, 6.07) is 9.34. The highest BCUT2D eigenvalue weighted by molar-refractivity contribution is 5.83. The summed E-state index contributed by atoms with van der Waals surface area (Å²) in [6.45, 7) is 0.833. The van der Waals surface area contributed by atoms with E-state index < -0.39 is 0 Å². The first-order valence-electron chi connectivity index (χ1n) is 8.00. The molecule has 1 atom stereocenters. The van der Waals surface area contributed by atoms with Crippen molar-refractivity contribution in [3.05, 3.63) is 47.8 Å². The van der Waals surface area contributed by atoms with Crippen LogP contribution >= 0.6 is 0 Å². The molecule has 1 unspecified atom stereocenters. The Balaban J connectivity index is 1.66. The largest absolute Gasteiger partial charge is 0.454 e. The van der Waals surface area contributed by atoms with Gasteiger partial charge in [-0.05, 0) is 43.9 Å². The summed E-state index contributed by atoms with van der Waals surface area (Å²) in [6.07, 6.45) is 2.81. The SMILES string of the molecule is CN(C)C(C(=O)NCCc1cccn1C)c1ccc2c(c1)OCO2. The van der Waals surface area contributed by atoms with Gasteiger partial charge in [0.1, 0.15) is 6.04 Å². The first-order valence-corrected chi connectivity index (χ1v) is 8.00. The fourth-order valence-corrected chi connectivity index (χ4v) is 2.93. The van der Waals surface area contributed by atoms with E-state index in [-0.39, 0.29) is 18.7 Å². The highest BCUT2D eigenvalue weighted by Gasteiger charge is 2.25. The molecule has 24 heavy (non-hydrogen) atoms. The van der Waals surface area contributed by atoms with E-state index in [1.54, 1.807) is 0 Å². The van der Waals surface area contributed by atoms with Crippen molar-refractivity contribution in [2.24, 2.45) is 7.05 Å². The predicted molar refractivity (Wildman–Crippen MR) is 91.1 cm³/mol. The molecule has 1 amide bonds. The van der Waals surface area contributed by atoms with Crippen LogP contribution in [-0.2, 0) is 18.3 Å². The Morgan fingerprint density at radius 1 is 1.29 bits per heavy atom. The van der Waals surface area contributed by atoms with Crippen molar-refractivity contribution < 1.29 is 14.3 Å². The van der Waals surface area contributed by atoms with E-state index in [1.165, 1.54) is 5.69 Å². The number of carbonyl (C=O) groups excluding carboxylic acids is 1. The van der Waals surface area contributed by atoms with E-state index in [2.05, 4.69) is 16.0 Å². The highest BCUT2D eigenvalue weighted by atomic mass is 16.7. The third-order valence-electron chi connectivity index (χ3n) is 4.21. The molecule has 3 rings (SSSR count). The van der Waals surface area contributed by atoms with Crippen molar-refractivity contribution in [3.63, 3.8) is 0 Å². The van der Waals surface area contributed by atoms with Crippen LogP contribution < -0.4 is 14.8 Å². The van der Waals surface area contributed by atoms with Crippen LogP contribution in [0.1, 0.15) is 17.3 Å². The van der Waals surface area contributed by atoms with Gasteiger partial charge >= 0.3 is 0 Å². The molecule has 0 aliphatic carbocycles. The number of nitrogens with one attached hydrogen (secondary N) is 1. The number of carbonyl (C=O) groups is 1. The predicted octanol–water partition coefficient (Wildman–Crippen LogP) is 1.72. The van der Waals surface area contributed by atoms with E-state index >= 15 is 0 Å². The lowest BCUT2D eigenvalue weighted by atomic mass is 10.0. The van der Waals surface area contributed by atoms with Gasteiger partial charge in [0.25, 0.3) is 0 Å². The number of hydrogen-bond acceptors (Lipinski definition) is 4. The van der Waals surface area contributed by atoms with E-state index in [0.29, 0.717) is 12.3 Å². The van der Waals surface area contributed by atoms with Crippen LogP contribution in [-0.4, -0.2) is 42.8 Å². The summed E-state index contributed by atoms with van der Waals surface area (Å²) >= 11 is 0. The Labute approximate surface area is 142 Å². The monoisotopic (exact) mass is 329 g/mol. The molecular formula is C18H23N3O3. The fraction of sp³-hybridized carbons (Fsp3) is 0.389. The summed E-state index contributed by atoms with van der Waals surface area (Å²) in [5, 5.41) is 3.03. The number of hydrogen-bond donors (Lipinski definition) is 1. The van der Waals surface area contributed by atoms with Crippen LogP contribution in [0.5, 0.6) is 11.5 Å². The van der Waals surface area contributed by atoms with Gasteiger partial charge in [0.2, 0.25) is 12.7 Å². The van der Waals surface area contributed by atoms with Gasteiger partial charge in [-0.15, -0.1) is 0 Å². The molecule has 0 bridgehead atoms. The number of aromatic nitrogens is 1. The Morgan fingerprint density at radius 2 is 2.08 bits per heavy atom. The van der Waals surface area contributed by atoms with E-state index in [0.717, 1.165) is 17.7 Å². The van der Waals surface area contributed by atoms with E-state index in [9.17, 15) is 4.79 Å². The van der Waals surface area contributed by atoms with Crippen molar-refractivity contribution in [3.8, 4) is 11.5 Å². The highest BCUT2D eigenvalue weighted by Crippen LogP contribution is 2.35. The minimum atomic E-state index is -0.368. The zero-order chi connectivity index (χ0) is 17.1. The van der Waals surface area contributed by atoms with Gasteiger partial charge in [0.05, 0.1) is 0 Å². The summed E-state index contributed by atoms with van der Waals surface area (Å²) in [4.78, 5) is 14.6.